The topological polar surface area (TPSA) is 104 Å². The van der Waals surface area contributed by atoms with E-state index in [1.165, 1.54) is 11.1 Å². The molecule has 8 heteroatoms. The van der Waals surface area contributed by atoms with Gasteiger partial charge in [-0.1, -0.05) is 18.2 Å². The summed E-state index contributed by atoms with van der Waals surface area (Å²) < 4.78 is 5.75. The van der Waals surface area contributed by atoms with E-state index in [1.807, 2.05) is 43.1 Å². The highest BCUT2D eigenvalue weighted by molar-refractivity contribution is 7.18. The van der Waals surface area contributed by atoms with Crippen LogP contribution in [0.4, 0.5) is 4.79 Å². The van der Waals surface area contributed by atoms with Gasteiger partial charge >= 0.3 is 6.03 Å². The third kappa shape index (κ3) is 4.75. The summed E-state index contributed by atoms with van der Waals surface area (Å²) in [6.45, 7) is 5.22. The fourth-order valence-corrected chi connectivity index (χ4v) is 5.85. The maximum atomic E-state index is 12.7. The maximum Gasteiger partial charge on any atom is 0.317 e. The molecular weight excluding hydrogens is 458 g/mol. The summed E-state index contributed by atoms with van der Waals surface area (Å²) in [5.41, 5.74) is 11.0. The Morgan fingerprint density at radius 2 is 2.17 bits per heavy atom. The maximum absolute atomic E-state index is 12.7. The van der Waals surface area contributed by atoms with Gasteiger partial charge in [0, 0.05) is 30.9 Å². The first kappa shape index (κ1) is 23.3. The number of hydrogen-bond donors (Lipinski definition) is 2. The van der Waals surface area contributed by atoms with E-state index < -0.39 is 0 Å². The van der Waals surface area contributed by atoms with Crippen molar-refractivity contribution in [2.24, 2.45) is 5.73 Å². The molecule has 2 amide bonds. The summed E-state index contributed by atoms with van der Waals surface area (Å²) in [6, 6.07) is 14.2. The lowest BCUT2D eigenvalue weighted by Crippen LogP contribution is -2.41. The van der Waals surface area contributed by atoms with Crippen LogP contribution < -0.4 is 15.8 Å². The van der Waals surface area contributed by atoms with E-state index >= 15 is 0 Å². The first-order valence-corrected chi connectivity index (χ1v) is 12.8. The van der Waals surface area contributed by atoms with Crippen molar-refractivity contribution < 1.29 is 9.53 Å². The van der Waals surface area contributed by atoms with Crippen molar-refractivity contribution in [3.05, 3.63) is 59.3 Å². The minimum absolute atomic E-state index is 0.00105. The number of thiazole rings is 1. The summed E-state index contributed by atoms with van der Waals surface area (Å²) in [5, 5.41) is 13.7. The van der Waals surface area contributed by atoms with Crippen LogP contribution in [-0.4, -0.2) is 41.2 Å². The van der Waals surface area contributed by atoms with Crippen molar-refractivity contribution in [1.82, 2.24) is 15.2 Å². The Labute approximate surface area is 209 Å². The highest BCUT2D eigenvalue weighted by Crippen LogP contribution is 2.41. The number of benzene rings is 2. The molecule has 0 saturated carbocycles. The molecule has 5 rings (SSSR count). The largest absolute Gasteiger partial charge is 0.490 e. The predicted octanol–water partition coefficient (Wildman–Crippen LogP) is 4.87. The fraction of sp³-hybridized carbons (Fsp3) is 0.370. The van der Waals surface area contributed by atoms with Gasteiger partial charge in [-0.25, -0.2) is 9.78 Å². The van der Waals surface area contributed by atoms with E-state index in [1.54, 1.807) is 11.3 Å². The highest BCUT2D eigenvalue weighted by Gasteiger charge is 2.30. The van der Waals surface area contributed by atoms with E-state index in [0.717, 1.165) is 40.3 Å². The SMILES string of the molecule is CC(C)Oc1ccc(-c2ncc(-c3cccc4c3CCC4NC(=O)N3CC[C@@H](N)C3)s2)cc1C#N. The van der Waals surface area contributed by atoms with E-state index in [4.69, 9.17) is 10.5 Å². The number of rotatable bonds is 5. The number of nitrogens with one attached hydrogen (secondary N) is 1. The number of fused-ring (bicyclic) bond motifs is 1. The van der Waals surface area contributed by atoms with E-state index in [-0.39, 0.29) is 24.2 Å². The Morgan fingerprint density at radius 3 is 2.91 bits per heavy atom. The molecule has 1 aliphatic heterocycles. The monoisotopic (exact) mass is 487 g/mol. The van der Waals surface area contributed by atoms with Crippen LogP contribution in [0.3, 0.4) is 0 Å². The molecule has 0 spiro atoms. The lowest BCUT2D eigenvalue weighted by molar-refractivity contribution is 0.204. The smallest absolute Gasteiger partial charge is 0.317 e. The van der Waals surface area contributed by atoms with Crippen molar-refractivity contribution in [3.63, 3.8) is 0 Å². The number of likely N-dealkylation sites (tertiary alicyclic amines) is 1. The van der Waals surface area contributed by atoms with Crippen molar-refractivity contribution in [2.45, 2.75) is 51.3 Å². The Morgan fingerprint density at radius 1 is 1.31 bits per heavy atom. The Hall–Kier alpha value is -3.41. The summed E-state index contributed by atoms with van der Waals surface area (Å²) >= 11 is 1.61. The number of carbonyl (C=O) groups is 1. The Balaban J connectivity index is 1.37. The van der Waals surface area contributed by atoms with Gasteiger partial charge in [-0.2, -0.15) is 5.26 Å². The molecule has 0 bridgehead atoms. The number of nitrogens with two attached hydrogens (primary N) is 1. The van der Waals surface area contributed by atoms with Gasteiger partial charge < -0.3 is 20.7 Å². The first-order valence-electron chi connectivity index (χ1n) is 12.0. The lowest BCUT2D eigenvalue weighted by Gasteiger charge is -2.21. The third-order valence-electron chi connectivity index (χ3n) is 6.56. The fourth-order valence-electron chi connectivity index (χ4n) is 4.89. The van der Waals surface area contributed by atoms with E-state index in [2.05, 4.69) is 34.6 Å². The second-order valence-electron chi connectivity index (χ2n) is 9.43. The van der Waals surface area contributed by atoms with Crippen LogP contribution in [0.1, 0.15) is 49.4 Å². The molecule has 35 heavy (non-hydrogen) atoms. The van der Waals surface area contributed by atoms with Gasteiger partial charge in [0.15, 0.2) is 0 Å². The number of nitriles is 1. The Bertz CT molecular complexity index is 1290. The zero-order chi connectivity index (χ0) is 24.5. The lowest BCUT2D eigenvalue weighted by atomic mass is 10.0. The zero-order valence-corrected chi connectivity index (χ0v) is 20.8. The van der Waals surface area contributed by atoms with Crippen molar-refractivity contribution in [3.8, 4) is 32.8 Å². The van der Waals surface area contributed by atoms with Crippen molar-refractivity contribution >= 4 is 17.4 Å². The molecule has 1 unspecified atom stereocenters. The number of urea groups is 1. The van der Waals surface area contributed by atoms with Gasteiger partial charge in [0.25, 0.3) is 0 Å². The summed E-state index contributed by atoms with van der Waals surface area (Å²) in [4.78, 5) is 20.3. The molecule has 0 radical (unpaired) electrons. The van der Waals surface area contributed by atoms with Gasteiger partial charge in [0.05, 0.1) is 22.6 Å². The standard InChI is InChI=1S/C27H29N5O2S/c1-16(2)34-24-9-6-17(12-18(24)13-28)26-30-14-25(35-26)22-5-3-4-21-20(22)7-8-23(21)31-27(33)32-11-10-19(29)15-32/h3-6,9,12,14,16,19,23H,7-8,10-11,15,29H2,1-2H3,(H,31,33)/t19-,23?/m1/s1. The number of amides is 2. The predicted molar refractivity (Wildman–Crippen MR) is 137 cm³/mol. The van der Waals surface area contributed by atoms with Gasteiger partial charge in [-0.15, -0.1) is 11.3 Å². The van der Waals surface area contributed by atoms with Gasteiger partial charge in [0.2, 0.25) is 0 Å². The summed E-state index contributed by atoms with van der Waals surface area (Å²) in [5.74, 6) is 0.591. The molecule has 3 N–H and O–H groups in total. The van der Waals surface area contributed by atoms with Crippen LogP contribution in [0.2, 0.25) is 0 Å². The molecule has 2 heterocycles. The summed E-state index contributed by atoms with van der Waals surface area (Å²) in [6.07, 6.45) is 4.55. The number of nitrogens with zero attached hydrogens (tertiary/aromatic N) is 3. The normalized spacial score (nSPS) is 19.0. The number of ether oxygens (including phenoxy) is 1. The molecular formula is C27H29N5O2S. The third-order valence-corrected chi connectivity index (χ3v) is 7.64. The minimum atomic E-state index is -0.0283. The molecule has 7 nitrogen and oxygen atoms in total. The van der Waals surface area contributed by atoms with Crippen LogP contribution in [0.25, 0.3) is 21.0 Å². The van der Waals surface area contributed by atoms with Gasteiger partial charge in [0.1, 0.15) is 16.8 Å². The molecule has 2 atom stereocenters. The van der Waals surface area contributed by atoms with E-state index in [9.17, 15) is 10.1 Å². The molecule has 2 aliphatic rings. The zero-order valence-electron chi connectivity index (χ0n) is 20.0. The van der Waals surface area contributed by atoms with Crippen LogP contribution in [0.5, 0.6) is 5.75 Å². The highest BCUT2D eigenvalue weighted by atomic mass is 32.1. The van der Waals surface area contributed by atoms with Crippen LogP contribution in [0.15, 0.2) is 42.6 Å². The molecule has 1 saturated heterocycles. The first-order chi connectivity index (χ1) is 16.9. The van der Waals surface area contributed by atoms with E-state index in [0.29, 0.717) is 24.4 Å². The average Bonchev–Trinajstić information content (AvgIpc) is 3.59. The van der Waals surface area contributed by atoms with Gasteiger partial charge in [-0.05, 0) is 68.0 Å². The van der Waals surface area contributed by atoms with Crippen molar-refractivity contribution in [1.29, 1.82) is 5.26 Å². The van der Waals surface area contributed by atoms with Crippen molar-refractivity contribution in [2.75, 3.05) is 13.1 Å². The second kappa shape index (κ2) is 9.68. The number of carbonyl (C=O) groups excluding carboxylic acids is 1. The average molecular weight is 488 g/mol. The van der Waals surface area contributed by atoms with Crippen LogP contribution >= 0.6 is 11.3 Å². The minimum Gasteiger partial charge on any atom is -0.490 e. The Kier molecular flexibility index (Phi) is 6.46. The molecule has 1 aromatic heterocycles. The van der Waals surface area contributed by atoms with Gasteiger partial charge in [-0.3, -0.25) is 0 Å². The van der Waals surface area contributed by atoms with Crippen LogP contribution in [0, 0.1) is 11.3 Å². The quantitative estimate of drug-likeness (QED) is 0.534. The molecule has 180 valence electrons. The molecule has 3 aromatic rings. The van der Waals surface area contributed by atoms with Crippen LogP contribution in [-0.2, 0) is 6.42 Å². The summed E-state index contributed by atoms with van der Waals surface area (Å²) in [7, 11) is 0. The molecule has 1 aliphatic carbocycles. The number of aromatic nitrogens is 1. The second-order valence-corrected chi connectivity index (χ2v) is 10.5. The molecule has 1 fully saturated rings. The number of hydrogen-bond acceptors (Lipinski definition) is 6. The molecule has 2 aromatic carbocycles.